The Morgan fingerprint density at radius 1 is 1.56 bits per heavy atom. The summed E-state index contributed by atoms with van der Waals surface area (Å²) in [5.41, 5.74) is 6.33. The number of nitrogens with zero attached hydrogens (tertiary/aromatic N) is 1. The standard InChI is InChI=1S/C11H19N3O2/c1-3-8(15)6-7-13-11-9(12)4-5-10(14-11)16-2/h4-5,8,15H,3,6-7,12H2,1-2H3,(H,13,14). The first kappa shape index (κ1) is 12.6. The first-order valence-corrected chi connectivity index (χ1v) is 5.39. The Bertz CT molecular complexity index is 331. The smallest absolute Gasteiger partial charge is 0.215 e. The van der Waals surface area contributed by atoms with Crippen LogP contribution in [0.5, 0.6) is 5.88 Å². The van der Waals surface area contributed by atoms with Gasteiger partial charge in [0.05, 0.1) is 18.9 Å². The molecule has 0 radical (unpaired) electrons. The third-order valence-electron chi connectivity index (χ3n) is 2.35. The number of hydrogen-bond donors (Lipinski definition) is 3. The maximum atomic E-state index is 9.39. The summed E-state index contributed by atoms with van der Waals surface area (Å²) < 4.78 is 5.00. The van der Waals surface area contributed by atoms with E-state index >= 15 is 0 Å². The van der Waals surface area contributed by atoms with Crippen molar-refractivity contribution in [1.29, 1.82) is 0 Å². The molecule has 1 heterocycles. The van der Waals surface area contributed by atoms with E-state index in [1.807, 2.05) is 6.92 Å². The lowest BCUT2D eigenvalue weighted by Gasteiger charge is -2.11. The summed E-state index contributed by atoms with van der Waals surface area (Å²) in [4.78, 5) is 4.17. The van der Waals surface area contributed by atoms with Gasteiger partial charge in [-0.1, -0.05) is 6.92 Å². The highest BCUT2D eigenvalue weighted by molar-refractivity contribution is 5.61. The zero-order valence-electron chi connectivity index (χ0n) is 9.73. The summed E-state index contributed by atoms with van der Waals surface area (Å²) in [6.07, 6.45) is 1.15. The van der Waals surface area contributed by atoms with Gasteiger partial charge >= 0.3 is 0 Å². The second kappa shape index (κ2) is 6.17. The van der Waals surface area contributed by atoms with Crippen LogP contribution >= 0.6 is 0 Å². The number of nitrogens with one attached hydrogen (secondary N) is 1. The predicted molar refractivity (Wildman–Crippen MR) is 64.6 cm³/mol. The van der Waals surface area contributed by atoms with E-state index in [4.69, 9.17) is 10.5 Å². The molecule has 1 aromatic heterocycles. The summed E-state index contributed by atoms with van der Waals surface area (Å²) in [5.74, 6) is 1.12. The predicted octanol–water partition coefficient (Wildman–Crippen LogP) is 1.25. The molecule has 0 aromatic carbocycles. The molecule has 0 saturated carbocycles. The molecule has 0 bridgehead atoms. The molecule has 0 amide bonds. The number of aromatic nitrogens is 1. The summed E-state index contributed by atoms with van der Waals surface area (Å²) in [6, 6.07) is 3.45. The number of aliphatic hydroxyl groups is 1. The highest BCUT2D eigenvalue weighted by Gasteiger charge is 2.04. The van der Waals surface area contributed by atoms with E-state index in [2.05, 4.69) is 10.3 Å². The van der Waals surface area contributed by atoms with Crippen molar-refractivity contribution in [2.45, 2.75) is 25.9 Å². The molecule has 4 N–H and O–H groups in total. The lowest BCUT2D eigenvalue weighted by atomic mass is 10.2. The van der Waals surface area contributed by atoms with Crippen molar-refractivity contribution in [2.75, 3.05) is 24.7 Å². The second-order valence-corrected chi connectivity index (χ2v) is 3.57. The molecule has 1 unspecified atom stereocenters. The number of methoxy groups -OCH3 is 1. The van der Waals surface area contributed by atoms with Gasteiger partial charge in [0.1, 0.15) is 0 Å². The third kappa shape index (κ3) is 3.58. The van der Waals surface area contributed by atoms with Crippen molar-refractivity contribution in [2.24, 2.45) is 0 Å². The molecule has 5 heteroatoms. The maximum absolute atomic E-state index is 9.39. The van der Waals surface area contributed by atoms with Crippen LogP contribution in [0, 0.1) is 0 Å². The second-order valence-electron chi connectivity index (χ2n) is 3.57. The molecule has 1 atom stereocenters. The van der Waals surface area contributed by atoms with Gasteiger partial charge in [0.25, 0.3) is 0 Å². The maximum Gasteiger partial charge on any atom is 0.215 e. The summed E-state index contributed by atoms with van der Waals surface area (Å²) in [6.45, 7) is 2.59. The first-order chi connectivity index (χ1) is 7.67. The zero-order valence-corrected chi connectivity index (χ0v) is 9.73. The number of nitrogens with two attached hydrogens (primary N) is 1. The van der Waals surface area contributed by atoms with E-state index in [1.54, 1.807) is 19.2 Å². The van der Waals surface area contributed by atoms with Crippen molar-refractivity contribution in [3.63, 3.8) is 0 Å². The number of hydrogen-bond acceptors (Lipinski definition) is 5. The quantitative estimate of drug-likeness (QED) is 0.679. The van der Waals surface area contributed by atoms with Crippen molar-refractivity contribution in [1.82, 2.24) is 4.98 Å². The fourth-order valence-electron chi connectivity index (χ4n) is 1.27. The van der Waals surface area contributed by atoms with E-state index in [0.717, 1.165) is 6.42 Å². The van der Waals surface area contributed by atoms with Crippen LogP contribution in [0.4, 0.5) is 11.5 Å². The average molecular weight is 225 g/mol. The number of nitrogen functional groups attached to an aromatic ring is 1. The minimum atomic E-state index is -0.278. The Balaban J connectivity index is 2.52. The summed E-state index contributed by atoms with van der Waals surface area (Å²) >= 11 is 0. The van der Waals surface area contributed by atoms with Gasteiger partial charge in [0.15, 0.2) is 5.82 Å². The van der Waals surface area contributed by atoms with Crippen LogP contribution in [0.25, 0.3) is 0 Å². The Labute approximate surface area is 95.6 Å². The van der Waals surface area contributed by atoms with E-state index in [0.29, 0.717) is 30.4 Å². The fraction of sp³-hybridized carbons (Fsp3) is 0.545. The Morgan fingerprint density at radius 3 is 2.94 bits per heavy atom. The van der Waals surface area contributed by atoms with Crippen molar-refractivity contribution >= 4 is 11.5 Å². The summed E-state index contributed by atoms with van der Waals surface area (Å²) in [7, 11) is 1.56. The van der Waals surface area contributed by atoms with Crippen molar-refractivity contribution < 1.29 is 9.84 Å². The molecule has 1 aromatic rings. The van der Waals surface area contributed by atoms with E-state index in [1.165, 1.54) is 0 Å². The zero-order chi connectivity index (χ0) is 12.0. The minimum absolute atomic E-state index is 0.278. The molecule has 90 valence electrons. The van der Waals surface area contributed by atoms with Gasteiger partial charge in [-0.05, 0) is 18.9 Å². The molecule has 0 aliphatic rings. The molecular weight excluding hydrogens is 206 g/mol. The van der Waals surface area contributed by atoms with Crippen molar-refractivity contribution in [3.8, 4) is 5.88 Å². The van der Waals surface area contributed by atoms with Gasteiger partial charge in [0.2, 0.25) is 5.88 Å². The topological polar surface area (TPSA) is 80.4 Å². The molecule has 0 saturated heterocycles. The van der Waals surface area contributed by atoms with E-state index in [-0.39, 0.29) is 6.10 Å². The average Bonchev–Trinajstić information content (AvgIpc) is 2.31. The molecule has 1 rings (SSSR count). The Hall–Kier alpha value is -1.49. The lowest BCUT2D eigenvalue weighted by molar-refractivity contribution is 0.164. The molecular formula is C11H19N3O2. The lowest BCUT2D eigenvalue weighted by Crippen LogP contribution is -2.13. The van der Waals surface area contributed by atoms with Gasteiger partial charge in [-0.3, -0.25) is 0 Å². The largest absolute Gasteiger partial charge is 0.481 e. The van der Waals surface area contributed by atoms with Gasteiger partial charge < -0.3 is 20.9 Å². The first-order valence-electron chi connectivity index (χ1n) is 5.39. The SMILES string of the molecule is CCC(O)CCNc1nc(OC)ccc1N. The number of aliphatic hydroxyl groups excluding tert-OH is 1. The van der Waals surface area contributed by atoms with Crippen LogP contribution in [0.15, 0.2) is 12.1 Å². The van der Waals surface area contributed by atoms with Crippen LogP contribution < -0.4 is 15.8 Å². The number of pyridine rings is 1. The normalized spacial score (nSPS) is 12.2. The van der Waals surface area contributed by atoms with Gasteiger partial charge in [-0.25, -0.2) is 0 Å². The van der Waals surface area contributed by atoms with E-state index < -0.39 is 0 Å². The van der Waals surface area contributed by atoms with Crippen LogP contribution in [0.2, 0.25) is 0 Å². The van der Waals surface area contributed by atoms with Gasteiger partial charge in [-0.15, -0.1) is 0 Å². The molecule has 5 nitrogen and oxygen atoms in total. The Kier molecular flexibility index (Phi) is 4.85. The number of rotatable bonds is 6. The van der Waals surface area contributed by atoms with Gasteiger partial charge in [-0.2, -0.15) is 4.98 Å². The number of ether oxygens (including phenoxy) is 1. The minimum Gasteiger partial charge on any atom is -0.481 e. The van der Waals surface area contributed by atoms with E-state index in [9.17, 15) is 5.11 Å². The molecule has 0 aliphatic carbocycles. The highest BCUT2D eigenvalue weighted by atomic mass is 16.5. The van der Waals surface area contributed by atoms with Crippen LogP contribution in [0.3, 0.4) is 0 Å². The molecule has 16 heavy (non-hydrogen) atoms. The fourth-order valence-corrected chi connectivity index (χ4v) is 1.27. The monoisotopic (exact) mass is 225 g/mol. The third-order valence-corrected chi connectivity index (χ3v) is 2.35. The van der Waals surface area contributed by atoms with Gasteiger partial charge in [0, 0.05) is 12.6 Å². The molecule has 0 spiro atoms. The number of anilines is 2. The summed E-state index contributed by atoms with van der Waals surface area (Å²) in [5, 5.41) is 12.5. The Morgan fingerprint density at radius 2 is 2.31 bits per heavy atom. The van der Waals surface area contributed by atoms with Crippen LogP contribution in [-0.4, -0.2) is 29.8 Å². The van der Waals surface area contributed by atoms with Crippen LogP contribution in [-0.2, 0) is 0 Å². The van der Waals surface area contributed by atoms with Crippen molar-refractivity contribution in [3.05, 3.63) is 12.1 Å². The molecule has 0 aliphatic heterocycles. The molecule has 0 fully saturated rings. The van der Waals surface area contributed by atoms with Crippen LogP contribution in [0.1, 0.15) is 19.8 Å². The highest BCUT2D eigenvalue weighted by Crippen LogP contribution is 2.19.